The lowest BCUT2D eigenvalue weighted by Crippen LogP contribution is -2.34. The van der Waals surface area contributed by atoms with Crippen LogP contribution in [0.4, 0.5) is 0 Å². The second kappa shape index (κ2) is 7.67. The summed E-state index contributed by atoms with van der Waals surface area (Å²) in [6.07, 6.45) is 0. The summed E-state index contributed by atoms with van der Waals surface area (Å²) in [5, 5.41) is 2.43. The van der Waals surface area contributed by atoms with Crippen LogP contribution in [0.15, 0.2) is 24.3 Å². The topological polar surface area (TPSA) is 64.6 Å². The molecule has 5 heteroatoms. The van der Waals surface area contributed by atoms with Crippen LogP contribution in [0.3, 0.4) is 0 Å². The Labute approximate surface area is 125 Å². The Kier molecular flexibility index (Phi) is 6.21. The molecule has 0 spiro atoms. The number of esters is 1. The summed E-state index contributed by atoms with van der Waals surface area (Å²) in [7, 11) is 0. The van der Waals surface area contributed by atoms with Gasteiger partial charge in [0.05, 0.1) is 6.61 Å². The van der Waals surface area contributed by atoms with Gasteiger partial charge in [-0.05, 0) is 30.0 Å². The Bertz CT molecular complexity index is 474. The molecule has 0 fully saturated rings. The Balaban J connectivity index is 2.38. The lowest BCUT2D eigenvalue weighted by Gasteiger charge is -2.19. The van der Waals surface area contributed by atoms with Crippen LogP contribution in [0.25, 0.3) is 0 Å². The molecule has 5 nitrogen and oxygen atoms in total. The summed E-state index contributed by atoms with van der Waals surface area (Å²) in [6, 6.07) is 7.62. The first-order valence-corrected chi connectivity index (χ1v) is 6.98. The molecular weight excluding hydrogens is 270 g/mol. The standard InChI is InChI=1S/C16H23NO4/c1-5-20-15(19)10-17-14(18)11-21-13-8-6-12(7-9-13)16(2,3)4/h6-9H,5,10-11H2,1-4H3,(H,17,18). The molecule has 1 rings (SSSR count). The Morgan fingerprint density at radius 3 is 2.29 bits per heavy atom. The van der Waals surface area contributed by atoms with Crippen molar-refractivity contribution in [3.8, 4) is 5.75 Å². The van der Waals surface area contributed by atoms with Crippen LogP contribution in [-0.4, -0.2) is 31.6 Å². The van der Waals surface area contributed by atoms with Crippen molar-refractivity contribution in [2.24, 2.45) is 0 Å². The molecule has 116 valence electrons. The highest BCUT2D eigenvalue weighted by Crippen LogP contribution is 2.24. The van der Waals surface area contributed by atoms with E-state index in [4.69, 9.17) is 9.47 Å². The highest BCUT2D eigenvalue weighted by atomic mass is 16.5. The summed E-state index contributed by atoms with van der Waals surface area (Å²) >= 11 is 0. The van der Waals surface area contributed by atoms with Crippen molar-refractivity contribution in [1.29, 1.82) is 0 Å². The number of hydrogen-bond donors (Lipinski definition) is 1. The summed E-state index contributed by atoms with van der Waals surface area (Å²) in [4.78, 5) is 22.6. The van der Waals surface area contributed by atoms with E-state index in [1.54, 1.807) is 6.92 Å². The summed E-state index contributed by atoms with van der Waals surface area (Å²) in [5.41, 5.74) is 1.27. The second-order valence-electron chi connectivity index (χ2n) is 5.64. The van der Waals surface area contributed by atoms with Crippen molar-refractivity contribution in [3.63, 3.8) is 0 Å². The summed E-state index contributed by atoms with van der Waals surface area (Å²) in [5.74, 6) is -0.197. The van der Waals surface area contributed by atoms with Crippen LogP contribution in [0.2, 0.25) is 0 Å². The van der Waals surface area contributed by atoms with Gasteiger partial charge < -0.3 is 14.8 Å². The minimum absolute atomic E-state index is 0.0789. The number of hydrogen-bond acceptors (Lipinski definition) is 4. The van der Waals surface area contributed by atoms with Crippen molar-refractivity contribution in [2.75, 3.05) is 19.8 Å². The van der Waals surface area contributed by atoms with Gasteiger partial charge in [0.15, 0.2) is 6.61 Å². The molecule has 0 aliphatic rings. The average molecular weight is 293 g/mol. The van der Waals surface area contributed by atoms with Crippen LogP contribution in [-0.2, 0) is 19.7 Å². The average Bonchev–Trinajstić information content (AvgIpc) is 2.43. The number of amides is 1. The molecule has 0 heterocycles. The Hall–Kier alpha value is -2.04. The number of rotatable bonds is 6. The van der Waals surface area contributed by atoms with Crippen molar-refractivity contribution in [2.45, 2.75) is 33.1 Å². The van der Waals surface area contributed by atoms with Gasteiger partial charge in [0.2, 0.25) is 0 Å². The van der Waals surface area contributed by atoms with Crippen LogP contribution in [0, 0.1) is 0 Å². The number of benzene rings is 1. The smallest absolute Gasteiger partial charge is 0.325 e. The summed E-state index contributed by atoms with van der Waals surface area (Å²) in [6.45, 7) is 8.13. The van der Waals surface area contributed by atoms with Crippen molar-refractivity contribution >= 4 is 11.9 Å². The van der Waals surface area contributed by atoms with Gasteiger partial charge in [-0.25, -0.2) is 0 Å². The van der Waals surface area contributed by atoms with Gasteiger partial charge >= 0.3 is 5.97 Å². The third kappa shape index (κ3) is 6.29. The molecule has 0 bridgehead atoms. The lowest BCUT2D eigenvalue weighted by atomic mass is 9.87. The molecular formula is C16H23NO4. The first-order chi connectivity index (χ1) is 9.82. The molecule has 1 N–H and O–H groups in total. The van der Waals surface area contributed by atoms with Gasteiger partial charge in [-0.2, -0.15) is 0 Å². The SMILES string of the molecule is CCOC(=O)CNC(=O)COc1ccc(C(C)(C)C)cc1. The molecule has 21 heavy (non-hydrogen) atoms. The molecule has 0 atom stereocenters. The highest BCUT2D eigenvalue weighted by Gasteiger charge is 2.13. The molecule has 0 aromatic heterocycles. The molecule has 0 saturated carbocycles. The van der Waals surface area contributed by atoms with Gasteiger partial charge in [0.1, 0.15) is 12.3 Å². The van der Waals surface area contributed by atoms with E-state index in [0.29, 0.717) is 12.4 Å². The molecule has 0 aliphatic heterocycles. The van der Waals surface area contributed by atoms with Gasteiger partial charge in [0.25, 0.3) is 5.91 Å². The maximum Gasteiger partial charge on any atom is 0.325 e. The zero-order chi connectivity index (χ0) is 15.9. The molecule has 1 aromatic rings. The number of carbonyl (C=O) groups is 2. The van der Waals surface area contributed by atoms with E-state index >= 15 is 0 Å². The van der Waals surface area contributed by atoms with E-state index in [9.17, 15) is 9.59 Å². The molecule has 1 amide bonds. The third-order valence-corrected chi connectivity index (χ3v) is 2.83. The molecule has 0 saturated heterocycles. The van der Waals surface area contributed by atoms with E-state index in [2.05, 4.69) is 26.1 Å². The maximum absolute atomic E-state index is 11.5. The fourth-order valence-corrected chi connectivity index (χ4v) is 1.63. The lowest BCUT2D eigenvalue weighted by molar-refractivity contribution is -0.143. The van der Waals surface area contributed by atoms with E-state index in [1.807, 2.05) is 24.3 Å². The van der Waals surface area contributed by atoms with E-state index < -0.39 is 5.97 Å². The fourth-order valence-electron chi connectivity index (χ4n) is 1.63. The highest BCUT2D eigenvalue weighted by molar-refractivity contribution is 5.82. The fraction of sp³-hybridized carbons (Fsp3) is 0.500. The summed E-state index contributed by atoms with van der Waals surface area (Å²) < 4.78 is 10.1. The number of nitrogens with one attached hydrogen (secondary N) is 1. The van der Waals surface area contributed by atoms with Gasteiger partial charge in [-0.15, -0.1) is 0 Å². The minimum Gasteiger partial charge on any atom is -0.484 e. The van der Waals surface area contributed by atoms with Crippen molar-refractivity contribution in [1.82, 2.24) is 5.32 Å². The first kappa shape index (κ1) is 17.0. The maximum atomic E-state index is 11.5. The second-order valence-corrected chi connectivity index (χ2v) is 5.64. The Morgan fingerprint density at radius 1 is 1.14 bits per heavy atom. The van der Waals surface area contributed by atoms with Gasteiger partial charge in [-0.3, -0.25) is 9.59 Å². The zero-order valence-corrected chi connectivity index (χ0v) is 13.1. The molecule has 0 aliphatic carbocycles. The molecule has 0 radical (unpaired) electrons. The van der Waals surface area contributed by atoms with Crippen LogP contribution in [0.5, 0.6) is 5.75 Å². The monoisotopic (exact) mass is 293 g/mol. The quantitative estimate of drug-likeness (QED) is 0.815. The molecule has 0 unspecified atom stereocenters. The van der Waals surface area contributed by atoms with E-state index in [-0.39, 0.29) is 24.5 Å². The normalized spacial score (nSPS) is 10.9. The van der Waals surface area contributed by atoms with E-state index in [1.165, 1.54) is 5.56 Å². The van der Waals surface area contributed by atoms with Crippen LogP contribution in [0.1, 0.15) is 33.3 Å². The predicted molar refractivity (Wildman–Crippen MR) is 80.3 cm³/mol. The minimum atomic E-state index is -0.458. The predicted octanol–water partition coefficient (Wildman–Crippen LogP) is 2.04. The third-order valence-electron chi connectivity index (χ3n) is 2.83. The van der Waals surface area contributed by atoms with Crippen LogP contribution >= 0.6 is 0 Å². The largest absolute Gasteiger partial charge is 0.484 e. The van der Waals surface area contributed by atoms with E-state index in [0.717, 1.165) is 0 Å². The molecule has 1 aromatic carbocycles. The van der Waals surface area contributed by atoms with Crippen LogP contribution < -0.4 is 10.1 Å². The number of ether oxygens (including phenoxy) is 2. The van der Waals surface area contributed by atoms with Gasteiger partial charge in [0, 0.05) is 0 Å². The van der Waals surface area contributed by atoms with Crippen molar-refractivity contribution < 1.29 is 19.1 Å². The number of carbonyl (C=O) groups excluding carboxylic acids is 2. The zero-order valence-electron chi connectivity index (χ0n) is 13.1. The Morgan fingerprint density at radius 2 is 1.76 bits per heavy atom. The van der Waals surface area contributed by atoms with Gasteiger partial charge in [-0.1, -0.05) is 32.9 Å². The van der Waals surface area contributed by atoms with Crippen molar-refractivity contribution in [3.05, 3.63) is 29.8 Å². The first-order valence-electron chi connectivity index (χ1n) is 6.98.